The Morgan fingerprint density at radius 1 is 1.00 bits per heavy atom. The van der Waals surface area contributed by atoms with Crippen molar-refractivity contribution in [2.24, 2.45) is 0 Å². The Morgan fingerprint density at radius 2 is 1.45 bits per heavy atom. The minimum absolute atomic E-state index is 0.130. The van der Waals surface area contributed by atoms with Crippen LogP contribution in [-0.4, -0.2) is 68.2 Å². The second-order valence-electron chi connectivity index (χ2n) is 5.70. The molecule has 0 N–H and O–H groups in total. The maximum Gasteiger partial charge on any atom is 0.219 e. The van der Waals surface area contributed by atoms with Gasteiger partial charge in [0.1, 0.15) is 0 Å². The molecule has 0 spiro atoms. The summed E-state index contributed by atoms with van der Waals surface area (Å²) in [6.45, 7) is 4.23. The molecule has 6 nitrogen and oxygen atoms in total. The molecule has 2 fully saturated rings. The van der Waals surface area contributed by atoms with Gasteiger partial charge in [0, 0.05) is 33.1 Å². The highest BCUT2D eigenvalue weighted by molar-refractivity contribution is 7.88. The Bertz CT molecular complexity index is 435. The van der Waals surface area contributed by atoms with Crippen LogP contribution >= 0.6 is 0 Å². The van der Waals surface area contributed by atoms with Gasteiger partial charge < -0.3 is 9.64 Å². The van der Waals surface area contributed by atoms with Crippen molar-refractivity contribution in [3.63, 3.8) is 0 Å². The number of likely N-dealkylation sites (tertiary alicyclic amines) is 1. The molecule has 2 rings (SSSR count). The van der Waals surface area contributed by atoms with Crippen LogP contribution in [0.2, 0.25) is 0 Å². The summed E-state index contributed by atoms with van der Waals surface area (Å²) >= 11 is 0. The molecule has 1 amide bonds. The Hall–Kier alpha value is -0.660. The first-order valence-corrected chi connectivity index (χ1v) is 9.07. The number of hydrogen-bond donors (Lipinski definition) is 0. The molecule has 0 radical (unpaired) electrons. The van der Waals surface area contributed by atoms with E-state index < -0.39 is 10.0 Å². The van der Waals surface area contributed by atoms with Crippen molar-refractivity contribution < 1.29 is 17.9 Å². The minimum atomic E-state index is -3.07. The molecule has 0 aromatic rings. The molecule has 0 unspecified atom stereocenters. The lowest BCUT2D eigenvalue weighted by Gasteiger charge is -2.36. The Balaban J connectivity index is 1.73. The first-order valence-electron chi connectivity index (χ1n) is 7.22. The van der Waals surface area contributed by atoms with Crippen molar-refractivity contribution in [2.45, 2.75) is 44.8 Å². The number of carbonyl (C=O) groups excluding carboxylic acids is 1. The number of rotatable bonds is 3. The third-order valence-electron chi connectivity index (χ3n) is 4.14. The number of sulfonamides is 1. The molecule has 0 saturated carbocycles. The fourth-order valence-electron chi connectivity index (χ4n) is 2.88. The number of nitrogens with zero attached hydrogens (tertiary/aromatic N) is 2. The SMILES string of the molecule is CC(=O)N1CCC(OC2CCN(S(C)(=O)=O)CC2)CC1. The molecular formula is C13H24N2O4S. The van der Waals surface area contributed by atoms with E-state index in [0.29, 0.717) is 13.1 Å². The Morgan fingerprint density at radius 3 is 1.85 bits per heavy atom. The summed E-state index contributed by atoms with van der Waals surface area (Å²) in [5.74, 6) is 0.130. The highest BCUT2D eigenvalue weighted by Gasteiger charge is 2.28. The number of ether oxygens (including phenoxy) is 1. The fraction of sp³-hybridized carbons (Fsp3) is 0.923. The van der Waals surface area contributed by atoms with Crippen LogP contribution in [0.5, 0.6) is 0 Å². The van der Waals surface area contributed by atoms with Gasteiger partial charge in [-0.25, -0.2) is 12.7 Å². The highest BCUT2D eigenvalue weighted by atomic mass is 32.2. The van der Waals surface area contributed by atoms with E-state index in [1.54, 1.807) is 6.92 Å². The molecule has 7 heteroatoms. The van der Waals surface area contributed by atoms with Crippen LogP contribution in [0.25, 0.3) is 0 Å². The van der Waals surface area contributed by atoms with Gasteiger partial charge >= 0.3 is 0 Å². The quantitative estimate of drug-likeness (QED) is 0.759. The molecule has 116 valence electrons. The predicted octanol–water partition coefficient (Wildman–Crippen LogP) is 0.438. The smallest absolute Gasteiger partial charge is 0.219 e. The standard InChI is InChI=1S/C13H24N2O4S/c1-11(16)14-7-3-12(4-8-14)19-13-5-9-15(10-6-13)20(2,17)18/h12-13H,3-10H2,1-2H3. The van der Waals surface area contributed by atoms with Crippen LogP contribution in [0.1, 0.15) is 32.6 Å². The van der Waals surface area contributed by atoms with Crippen molar-refractivity contribution in [2.75, 3.05) is 32.4 Å². The lowest BCUT2D eigenvalue weighted by atomic mass is 10.1. The summed E-state index contributed by atoms with van der Waals surface area (Å²) in [6.07, 6.45) is 4.91. The first-order chi connectivity index (χ1) is 9.36. The van der Waals surface area contributed by atoms with Gasteiger partial charge in [-0.2, -0.15) is 0 Å². The molecule has 2 aliphatic heterocycles. The molecule has 0 aromatic carbocycles. The van der Waals surface area contributed by atoms with Gasteiger partial charge in [0.15, 0.2) is 0 Å². The van der Waals surface area contributed by atoms with E-state index in [9.17, 15) is 13.2 Å². The minimum Gasteiger partial charge on any atom is -0.375 e. The fourth-order valence-corrected chi connectivity index (χ4v) is 3.75. The monoisotopic (exact) mass is 304 g/mol. The zero-order chi connectivity index (χ0) is 14.8. The van der Waals surface area contributed by atoms with Gasteiger partial charge in [0.25, 0.3) is 0 Å². The number of carbonyl (C=O) groups is 1. The second-order valence-corrected chi connectivity index (χ2v) is 7.69. The average Bonchev–Trinajstić information content (AvgIpc) is 2.39. The first kappa shape index (κ1) is 15.7. The van der Waals surface area contributed by atoms with Gasteiger partial charge in [-0.3, -0.25) is 4.79 Å². The van der Waals surface area contributed by atoms with Gasteiger partial charge in [0.05, 0.1) is 18.5 Å². The second kappa shape index (κ2) is 6.41. The highest BCUT2D eigenvalue weighted by Crippen LogP contribution is 2.21. The Kier molecular flexibility index (Phi) is 5.04. The van der Waals surface area contributed by atoms with Crippen LogP contribution in [-0.2, 0) is 19.6 Å². The summed E-state index contributed by atoms with van der Waals surface area (Å²) in [5.41, 5.74) is 0. The lowest BCUT2D eigenvalue weighted by Crippen LogP contribution is -2.44. The average molecular weight is 304 g/mol. The molecule has 2 heterocycles. The van der Waals surface area contributed by atoms with Crippen molar-refractivity contribution in [1.29, 1.82) is 0 Å². The maximum absolute atomic E-state index is 11.4. The van der Waals surface area contributed by atoms with Crippen LogP contribution < -0.4 is 0 Å². The summed E-state index contributed by atoms with van der Waals surface area (Å²) in [6, 6.07) is 0. The summed E-state index contributed by atoms with van der Waals surface area (Å²) in [7, 11) is -3.07. The normalized spacial score (nSPS) is 24.0. The maximum atomic E-state index is 11.4. The third-order valence-corrected chi connectivity index (χ3v) is 5.45. The molecular weight excluding hydrogens is 280 g/mol. The zero-order valence-electron chi connectivity index (χ0n) is 12.2. The zero-order valence-corrected chi connectivity index (χ0v) is 13.1. The largest absolute Gasteiger partial charge is 0.375 e. The summed E-state index contributed by atoms with van der Waals surface area (Å²) in [5, 5.41) is 0. The molecule has 0 atom stereocenters. The summed E-state index contributed by atoms with van der Waals surface area (Å²) in [4.78, 5) is 13.1. The van der Waals surface area contributed by atoms with E-state index in [4.69, 9.17) is 4.74 Å². The topological polar surface area (TPSA) is 66.9 Å². The molecule has 0 bridgehead atoms. The van der Waals surface area contributed by atoms with E-state index in [-0.39, 0.29) is 18.1 Å². The van der Waals surface area contributed by atoms with E-state index in [2.05, 4.69) is 0 Å². The molecule has 0 aromatic heterocycles. The van der Waals surface area contributed by atoms with E-state index in [1.165, 1.54) is 10.6 Å². The van der Waals surface area contributed by atoms with Gasteiger partial charge in [-0.1, -0.05) is 0 Å². The third kappa shape index (κ3) is 4.17. The van der Waals surface area contributed by atoms with Gasteiger partial charge in [-0.05, 0) is 25.7 Å². The molecule has 2 saturated heterocycles. The van der Waals surface area contributed by atoms with E-state index >= 15 is 0 Å². The summed E-state index contributed by atoms with van der Waals surface area (Å²) < 4.78 is 30.4. The van der Waals surface area contributed by atoms with Crippen LogP contribution in [0.4, 0.5) is 0 Å². The number of amides is 1. The van der Waals surface area contributed by atoms with Crippen molar-refractivity contribution in [1.82, 2.24) is 9.21 Å². The van der Waals surface area contributed by atoms with Crippen molar-refractivity contribution >= 4 is 15.9 Å². The van der Waals surface area contributed by atoms with Gasteiger partial charge in [-0.15, -0.1) is 0 Å². The molecule has 20 heavy (non-hydrogen) atoms. The van der Waals surface area contributed by atoms with Crippen molar-refractivity contribution in [3.8, 4) is 0 Å². The number of piperidine rings is 2. The van der Waals surface area contributed by atoms with Crippen molar-refractivity contribution in [3.05, 3.63) is 0 Å². The van der Waals surface area contributed by atoms with Gasteiger partial charge in [0.2, 0.25) is 15.9 Å². The van der Waals surface area contributed by atoms with Crippen LogP contribution in [0.15, 0.2) is 0 Å². The molecule has 2 aliphatic rings. The van der Waals surface area contributed by atoms with Crippen LogP contribution in [0.3, 0.4) is 0 Å². The van der Waals surface area contributed by atoms with Crippen LogP contribution in [0, 0.1) is 0 Å². The Labute approximate surface area is 121 Å². The number of hydrogen-bond acceptors (Lipinski definition) is 4. The predicted molar refractivity (Wildman–Crippen MR) is 75.8 cm³/mol. The molecule has 0 aliphatic carbocycles. The van der Waals surface area contributed by atoms with E-state index in [1.807, 2.05) is 4.90 Å². The van der Waals surface area contributed by atoms with E-state index in [0.717, 1.165) is 38.8 Å². The lowest BCUT2D eigenvalue weighted by molar-refractivity contribution is -0.132.